The van der Waals surface area contributed by atoms with Crippen LogP contribution in [0.5, 0.6) is 0 Å². The summed E-state index contributed by atoms with van der Waals surface area (Å²) in [5, 5.41) is 9.23. The van der Waals surface area contributed by atoms with Crippen LogP contribution < -0.4 is 0 Å². The Kier molecular flexibility index (Phi) is 22.2. The van der Waals surface area contributed by atoms with Crippen molar-refractivity contribution in [3.63, 3.8) is 0 Å². The molecule has 0 rings (SSSR count). The molecule has 0 aliphatic rings. The van der Waals surface area contributed by atoms with Gasteiger partial charge < -0.3 is 5.11 Å². The average Bonchev–Trinajstić information content (AvgIpc) is 2.64. The normalized spacial score (nSPS) is 13.8. The summed E-state index contributed by atoms with van der Waals surface area (Å²) in [6, 6.07) is 0. The highest BCUT2D eigenvalue weighted by atomic mass is 16.3. The molecule has 0 saturated heterocycles. The molecule has 0 fully saturated rings. The molecule has 0 amide bonds. The summed E-state index contributed by atoms with van der Waals surface area (Å²) in [5.41, 5.74) is 0. The summed E-state index contributed by atoms with van der Waals surface area (Å²) in [4.78, 5) is 0. The van der Waals surface area contributed by atoms with Crippen LogP contribution in [0.25, 0.3) is 0 Å². The van der Waals surface area contributed by atoms with Gasteiger partial charge in [0.05, 0.1) is 6.10 Å². The minimum Gasteiger partial charge on any atom is -0.393 e. The lowest BCUT2D eigenvalue weighted by Crippen LogP contribution is -1.98. The third kappa shape index (κ3) is 23.9. The number of unbranched alkanes of at least 4 members (excludes halogenated alkanes) is 16. The molecule has 2 unspecified atom stereocenters. The Morgan fingerprint density at radius 1 is 0.444 bits per heavy atom. The summed E-state index contributed by atoms with van der Waals surface area (Å²) < 4.78 is 0. The van der Waals surface area contributed by atoms with Gasteiger partial charge in [-0.15, -0.1) is 0 Å². The number of rotatable bonds is 22. The molecule has 0 bridgehead atoms. The van der Waals surface area contributed by atoms with Crippen molar-refractivity contribution in [3.05, 3.63) is 0 Å². The lowest BCUT2D eigenvalue weighted by molar-refractivity contribution is 0.180. The van der Waals surface area contributed by atoms with Gasteiger partial charge in [0, 0.05) is 0 Å². The number of aliphatic hydroxyl groups is 1. The van der Waals surface area contributed by atoms with Gasteiger partial charge in [-0.3, -0.25) is 0 Å². The summed E-state index contributed by atoms with van der Waals surface area (Å²) in [6.45, 7) is 6.67. The maximum atomic E-state index is 9.23. The third-order valence-electron chi connectivity index (χ3n) is 6.12. The zero-order valence-electron chi connectivity index (χ0n) is 19.5. The molecular formula is C26H54O. The van der Waals surface area contributed by atoms with Crippen molar-refractivity contribution in [2.75, 3.05) is 0 Å². The zero-order chi connectivity index (χ0) is 20.0. The van der Waals surface area contributed by atoms with Gasteiger partial charge in [0.25, 0.3) is 0 Å². The van der Waals surface area contributed by atoms with Gasteiger partial charge in [0.1, 0.15) is 0 Å². The Morgan fingerprint density at radius 3 is 1.07 bits per heavy atom. The standard InChI is InChI=1S/C26H54O/c1-4-5-6-7-8-13-16-19-22-25(2)23-20-17-14-11-9-10-12-15-18-21-24-26(3)27/h25-27H,4-24H2,1-3H3. The molecule has 164 valence electrons. The minimum absolute atomic E-state index is 0.104. The summed E-state index contributed by atoms with van der Waals surface area (Å²) in [7, 11) is 0. The maximum Gasteiger partial charge on any atom is 0.0512 e. The topological polar surface area (TPSA) is 20.2 Å². The van der Waals surface area contributed by atoms with Crippen molar-refractivity contribution in [1.82, 2.24) is 0 Å². The van der Waals surface area contributed by atoms with Gasteiger partial charge in [-0.2, -0.15) is 0 Å². The average molecular weight is 383 g/mol. The van der Waals surface area contributed by atoms with Crippen molar-refractivity contribution in [2.24, 2.45) is 5.92 Å². The van der Waals surface area contributed by atoms with E-state index in [1.807, 2.05) is 6.92 Å². The Morgan fingerprint density at radius 2 is 0.741 bits per heavy atom. The molecule has 0 spiro atoms. The quantitative estimate of drug-likeness (QED) is 0.185. The largest absolute Gasteiger partial charge is 0.393 e. The van der Waals surface area contributed by atoms with E-state index in [0.29, 0.717) is 0 Å². The number of hydrogen-bond acceptors (Lipinski definition) is 1. The Balaban J connectivity index is 3.13. The van der Waals surface area contributed by atoms with Crippen molar-refractivity contribution < 1.29 is 5.11 Å². The van der Waals surface area contributed by atoms with E-state index in [2.05, 4.69) is 13.8 Å². The third-order valence-corrected chi connectivity index (χ3v) is 6.12. The first-order valence-electron chi connectivity index (χ1n) is 12.8. The Hall–Kier alpha value is -0.0400. The molecule has 27 heavy (non-hydrogen) atoms. The lowest BCUT2D eigenvalue weighted by atomic mass is 9.95. The van der Waals surface area contributed by atoms with Gasteiger partial charge in [0.2, 0.25) is 0 Å². The highest BCUT2D eigenvalue weighted by Gasteiger charge is 2.02. The molecule has 2 atom stereocenters. The van der Waals surface area contributed by atoms with Crippen molar-refractivity contribution >= 4 is 0 Å². The van der Waals surface area contributed by atoms with E-state index in [9.17, 15) is 5.11 Å². The fourth-order valence-corrected chi connectivity index (χ4v) is 4.12. The molecule has 0 radical (unpaired) electrons. The molecule has 1 N–H and O–H groups in total. The molecule has 0 aromatic carbocycles. The van der Waals surface area contributed by atoms with E-state index in [1.165, 1.54) is 128 Å². The molecule has 0 aromatic rings. The Labute approximate surface area is 173 Å². The van der Waals surface area contributed by atoms with Crippen LogP contribution in [0.4, 0.5) is 0 Å². The first kappa shape index (κ1) is 27.0. The van der Waals surface area contributed by atoms with E-state index < -0.39 is 0 Å². The van der Waals surface area contributed by atoms with Crippen LogP contribution in [0, 0.1) is 5.92 Å². The van der Waals surface area contributed by atoms with Gasteiger partial charge in [-0.05, 0) is 19.3 Å². The summed E-state index contributed by atoms with van der Waals surface area (Å²) >= 11 is 0. The molecule has 0 saturated carbocycles. The fourth-order valence-electron chi connectivity index (χ4n) is 4.12. The van der Waals surface area contributed by atoms with Crippen LogP contribution >= 0.6 is 0 Å². The SMILES string of the molecule is CCCCCCCCCCC(C)CCCCCCCCCCCCC(C)O. The summed E-state index contributed by atoms with van der Waals surface area (Å²) in [5.74, 6) is 0.951. The van der Waals surface area contributed by atoms with Gasteiger partial charge in [-0.1, -0.05) is 142 Å². The summed E-state index contributed by atoms with van der Waals surface area (Å²) in [6.07, 6.45) is 29.3. The molecule has 0 aliphatic carbocycles. The second-order valence-corrected chi connectivity index (χ2v) is 9.33. The zero-order valence-corrected chi connectivity index (χ0v) is 19.5. The van der Waals surface area contributed by atoms with Crippen LogP contribution in [0.1, 0.15) is 156 Å². The minimum atomic E-state index is -0.104. The molecular weight excluding hydrogens is 328 g/mol. The first-order chi connectivity index (χ1) is 13.2. The van der Waals surface area contributed by atoms with E-state index >= 15 is 0 Å². The van der Waals surface area contributed by atoms with E-state index in [-0.39, 0.29) is 6.10 Å². The molecule has 1 heteroatoms. The van der Waals surface area contributed by atoms with Gasteiger partial charge in [0.15, 0.2) is 0 Å². The van der Waals surface area contributed by atoms with Gasteiger partial charge >= 0.3 is 0 Å². The van der Waals surface area contributed by atoms with Gasteiger partial charge in [-0.25, -0.2) is 0 Å². The van der Waals surface area contributed by atoms with Crippen molar-refractivity contribution in [2.45, 2.75) is 162 Å². The van der Waals surface area contributed by atoms with Crippen LogP contribution in [-0.4, -0.2) is 11.2 Å². The Bertz CT molecular complexity index is 261. The second-order valence-electron chi connectivity index (χ2n) is 9.33. The first-order valence-corrected chi connectivity index (χ1v) is 12.8. The monoisotopic (exact) mass is 382 g/mol. The van der Waals surface area contributed by atoms with Crippen LogP contribution in [0.3, 0.4) is 0 Å². The molecule has 0 aromatic heterocycles. The number of aliphatic hydroxyl groups excluding tert-OH is 1. The maximum absolute atomic E-state index is 9.23. The predicted molar refractivity (Wildman–Crippen MR) is 123 cm³/mol. The highest BCUT2D eigenvalue weighted by molar-refractivity contribution is 4.56. The molecule has 0 heterocycles. The lowest BCUT2D eigenvalue weighted by Gasteiger charge is -2.11. The van der Waals surface area contributed by atoms with Crippen LogP contribution in [-0.2, 0) is 0 Å². The van der Waals surface area contributed by atoms with Crippen LogP contribution in [0.2, 0.25) is 0 Å². The predicted octanol–water partition coefficient (Wildman–Crippen LogP) is 9.22. The van der Waals surface area contributed by atoms with Crippen molar-refractivity contribution in [3.8, 4) is 0 Å². The fraction of sp³-hybridized carbons (Fsp3) is 1.00. The smallest absolute Gasteiger partial charge is 0.0512 e. The van der Waals surface area contributed by atoms with E-state index in [0.717, 1.165) is 12.3 Å². The highest BCUT2D eigenvalue weighted by Crippen LogP contribution is 2.19. The number of hydrogen-bond donors (Lipinski definition) is 1. The second kappa shape index (κ2) is 22.3. The van der Waals surface area contributed by atoms with Crippen molar-refractivity contribution in [1.29, 1.82) is 0 Å². The molecule has 0 aliphatic heterocycles. The van der Waals surface area contributed by atoms with E-state index in [1.54, 1.807) is 0 Å². The van der Waals surface area contributed by atoms with E-state index in [4.69, 9.17) is 0 Å². The van der Waals surface area contributed by atoms with Crippen LogP contribution in [0.15, 0.2) is 0 Å². The molecule has 1 nitrogen and oxygen atoms in total.